The van der Waals surface area contributed by atoms with E-state index in [0.717, 1.165) is 18.7 Å². The molecule has 1 aliphatic carbocycles. The van der Waals surface area contributed by atoms with E-state index in [1.165, 1.54) is 30.4 Å². The van der Waals surface area contributed by atoms with Gasteiger partial charge in [0, 0.05) is 11.0 Å². The fourth-order valence-electron chi connectivity index (χ4n) is 2.77. The summed E-state index contributed by atoms with van der Waals surface area (Å²) in [4.78, 5) is 0. The quantitative estimate of drug-likeness (QED) is 0.845. The predicted octanol–water partition coefficient (Wildman–Crippen LogP) is 2.77. The van der Waals surface area contributed by atoms with E-state index in [1.54, 1.807) is 7.11 Å². The average molecular weight is 219 g/mol. The molecule has 0 atom stereocenters. The number of aryl methyl sites for hydroxylation is 1. The minimum Gasteiger partial charge on any atom is -0.496 e. The highest BCUT2D eigenvalue weighted by molar-refractivity contribution is 5.43. The van der Waals surface area contributed by atoms with Crippen molar-refractivity contribution >= 4 is 0 Å². The molecule has 0 aliphatic heterocycles. The number of ether oxygens (including phenoxy) is 1. The third-order valence-electron chi connectivity index (χ3n) is 3.86. The van der Waals surface area contributed by atoms with E-state index in [9.17, 15) is 0 Å². The van der Waals surface area contributed by atoms with Gasteiger partial charge in [-0.1, -0.05) is 24.1 Å². The molecule has 0 aromatic heterocycles. The van der Waals surface area contributed by atoms with Gasteiger partial charge >= 0.3 is 0 Å². The summed E-state index contributed by atoms with van der Waals surface area (Å²) in [5, 5.41) is 0. The van der Waals surface area contributed by atoms with Crippen molar-refractivity contribution in [3.05, 3.63) is 29.3 Å². The van der Waals surface area contributed by atoms with Crippen LogP contribution in [-0.4, -0.2) is 13.7 Å². The molecule has 1 fully saturated rings. The van der Waals surface area contributed by atoms with Gasteiger partial charge in [-0.15, -0.1) is 0 Å². The topological polar surface area (TPSA) is 35.2 Å². The number of hydrogen-bond donors (Lipinski definition) is 1. The van der Waals surface area contributed by atoms with Crippen molar-refractivity contribution in [1.29, 1.82) is 0 Å². The summed E-state index contributed by atoms with van der Waals surface area (Å²) in [6, 6.07) is 6.46. The monoisotopic (exact) mass is 219 g/mol. The summed E-state index contributed by atoms with van der Waals surface area (Å²) >= 11 is 0. The van der Waals surface area contributed by atoms with Crippen molar-refractivity contribution < 1.29 is 4.74 Å². The number of nitrogens with two attached hydrogens (primary N) is 1. The smallest absolute Gasteiger partial charge is 0.122 e. The van der Waals surface area contributed by atoms with Gasteiger partial charge in [0.2, 0.25) is 0 Å². The molecule has 16 heavy (non-hydrogen) atoms. The van der Waals surface area contributed by atoms with Crippen molar-refractivity contribution in [3.8, 4) is 5.75 Å². The Bertz CT molecular complexity index is 369. The first-order chi connectivity index (χ1) is 7.72. The summed E-state index contributed by atoms with van der Waals surface area (Å²) in [7, 11) is 1.75. The first kappa shape index (κ1) is 11.5. The van der Waals surface area contributed by atoms with Crippen LogP contribution in [0.2, 0.25) is 0 Å². The van der Waals surface area contributed by atoms with Gasteiger partial charge in [0.05, 0.1) is 7.11 Å². The molecule has 1 aromatic rings. The zero-order chi connectivity index (χ0) is 11.6. The Morgan fingerprint density at radius 1 is 1.38 bits per heavy atom. The number of methoxy groups -OCH3 is 1. The zero-order valence-electron chi connectivity index (χ0n) is 10.3. The fourth-order valence-corrected chi connectivity index (χ4v) is 2.77. The molecule has 0 saturated heterocycles. The highest BCUT2D eigenvalue weighted by Gasteiger charge is 2.39. The zero-order valence-corrected chi connectivity index (χ0v) is 10.3. The lowest BCUT2D eigenvalue weighted by Crippen LogP contribution is -2.36. The Balaban J connectivity index is 2.40. The lowest BCUT2D eigenvalue weighted by Gasteiger charge is -2.43. The van der Waals surface area contributed by atoms with E-state index in [2.05, 4.69) is 25.1 Å². The van der Waals surface area contributed by atoms with Crippen LogP contribution in [0.3, 0.4) is 0 Å². The molecule has 2 rings (SSSR count). The maximum Gasteiger partial charge on any atom is 0.122 e. The van der Waals surface area contributed by atoms with Gasteiger partial charge in [0.15, 0.2) is 0 Å². The number of hydrogen-bond acceptors (Lipinski definition) is 2. The molecule has 0 heterocycles. The lowest BCUT2D eigenvalue weighted by molar-refractivity contribution is 0.221. The van der Waals surface area contributed by atoms with E-state index in [-0.39, 0.29) is 0 Å². The van der Waals surface area contributed by atoms with Crippen LogP contribution in [0.5, 0.6) is 5.75 Å². The Labute approximate surface area is 97.8 Å². The Morgan fingerprint density at radius 3 is 2.62 bits per heavy atom. The maximum absolute atomic E-state index is 5.75. The van der Waals surface area contributed by atoms with Gasteiger partial charge < -0.3 is 10.5 Å². The molecule has 0 radical (unpaired) electrons. The molecule has 88 valence electrons. The van der Waals surface area contributed by atoms with Gasteiger partial charge in [-0.05, 0) is 38.8 Å². The summed E-state index contributed by atoms with van der Waals surface area (Å²) in [6.45, 7) is 2.90. The minimum atomic E-state index is 0.298. The Kier molecular flexibility index (Phi) is 3.20. The SMILES string of the molecule is COc1ccc(C)cc1C1(CCN)CCC1. The van der Waals surface area contributed by atoms with Gasteiger partial charge in [-0.2, -0.15) is 0 Å². The Hall–Kier alpha value is -1.02. The number of rotatable bonds is 4. The first-order valence-corrected chi connectivity index (χ1v) is 6.07. The third-order valence-corrected chi connectivity index (χ3v) is 3.86. The molecule has 2 heteroatoms. The van der Waals surface area contributed by atoms with Crippen molar-refractivity contribution in [3.63, 3.8) is 0 Å². The highest BCUT2D eigenvalue weighted by atomic mass is 16.5. The molecule has 0 bridgehead atoms. The van der Waals surface area contributed by atoms with Crippen LogP contribution in [0.4, 0.5) is 0 Å². The van der Waals surface area contributed by atoms with Crippen LogP contribution in [0.25, 0.3) is 0 Å². The largest absolute Gasteiger partial charge is 0.496 e. The van der Waals surface area contributed by atoms with Crippen LogP contribution < -0.4 is 10.5 Å². The molecule has 2 N–H and O–H groups in total. The fraction of sp³-hybridized carbons (Fsp3) is 0.571. The van der Waals surface area contributed by atoms with E-state index in [1.807, 2.05) is 0 Å². The molecule has 1 aliphatic rings. The van der Waals surface area contributed by atoms with Crippen LogP contribution in [0.15, 0.2) is 18.2 Å². The second-order valence-electron chi connectivity index (χ2n) is 4.88. The molecule has 1 aromatic carbocycles. The van der Waals surface area contributed by atoms with E-state index in [0.29, 0.717) is 5.41 Å². The summed E-state index contributed by atoms with van der Waals surface area (Å²) in [6.07, 6.45) is 4.90. The predicted molar refractivity (Wildman–Crippen MR) is 66.9 cm³/mol. The second kappa shape index (κ2) is 4.46. The van der Waals surface area contributed by atoms with Crippen molar-refractivity contribution in [2.24, 2.45) is 5.73 Å². The average Bonchev–Trinajstić information content (AvgIpc) is 2.23. The first-order valence-electron chi connectivity index (χ1n) is 6.07. The van der Waals surface area contributed by atoms with Crippen molar-refractivity contribution in [2.75, 3.05) is 13.7 Å². The molecule has 0 unspecified atom stereocenters. The minimum absolute atomic E-state index is 0.298. The summed E-state index contributed by atoms with van der Waals surface area (Å²) in [5.74, 6) is 1.03. The molecule has 1 saturated carbocycles. The number of benzene rings is 1. The van der Waals surface area contributed by atoms with E-state index in [4.69, 9.17) is 10.5 Å². The molecule has 0 spiro atoms. The summed E-state index contributed by atoms with van der Waals surface area (Å²) < 4.78 is 5.49. The molecule has 2 nitrogen and oxygen atoms in total. The van der Waals surface area contributed by atoms with Gasteiger partial charge in [-0.25, -0.2) is 0 Å². The maximum atomic E-state index is 5.75. The lowest BCUT2D eigenvalue weighted by atomic mass is 9.62. The van der Waals surface area contributed by atoms with Gasteiger partial charge in [0.1, 0.15) is 5.75 Å². The Morgan fingerprint density at radius 2 is 2.12 bits per heavy atom. The standard InChI is InChI=1S/C14H21NO/c1-11-4-5-13(16-2)12(10-11)14(8-9-15)6-3-7-14/h4-5,10H,3,6-9,15H2,1-2H3. The van der Waals surface area contributed by atoms with Crippen LogP contribution in [-0.2, 0) is 5.41 Å². The van der Waals surface area contributed by atoms with Crippen molar-refractivity contribution in [2.45, 2.75) is 38.0 Å². The van der Waals surface area contributed by atoms with Crippen molar-refractivity contribution in [1.82, 2.24) is 0 Å². The van der Waals surface area contributed by atoms with Crippen LogP contribution in [0.1, 0.15) is 36.8 Å². The molecular weight excluding hydrogens is 198 g/mol. The molecule has 0 amide bonds. The van der Waals surface area contributed by atoms with Gasteiger partial charge in [-0.3, -0.25) is 0 Å². The van der Waals surface area contributed by atoms with Crippen LogP contribution in [0, 0.1) is 6.92 Å². The van der Waals surface area contributed by atoms with E-state index >= 15 is 0 Å². The van der Waals surface area contributed by atoms with Crippen LogP contribution >= 0.6 is 0 Å². The highest BCUT2D eigenvalue weighted by Crippen LogP contribution is 2.49. The second-order valence-corrected chi connectivity index (χ2v) is 4.88. The van der Waals surface area contributed by atoms with E-state index < -0.39 is 0 Å². The third kappa shape index (κ3) is 1.82. The van der Waals surface area contributed by atoms with Gasteiger partial charge in [0.25, 0.3) is 0 Å². The molecular formula is C14H21NO. The normalized spacial score (nSPS) is 17.9. The summed E-state index contributed by atoms with van der Waals surface area (Å²) in [5.41, 5.74) is 8.72.